The Hall–Kier alpha value is -1.79. The van der Waals surface area contributed by atoms with E-state index in [0.717, 1.165) is 11.3 Å². The lowest BCUT2D eigenvalue weighted by Gasteiger charge is -2.24. The van der Waals surface area contributed by atoms with E-state index in [1.165, 1.54) is 0 Å². The lowest BCUT2D eigenvalue weighted by Crippen LogP contribution is -2.41. The normalized spacial score (nSPS) is 12.4. The first-order chi connectivity index (χ1) is 10.1. The van der Waals surface area contributed by atoms with Gasteiger partial charge in [0.05, 0.1) is 12.3 Å². The highest BCUT2D eigenvalue weighted by Gasteiger charge is 2.19. The van der Waals surface area contributed by atoms with Crippen LogP contribution in [0.4, 0.5) is 4.79 Å². The van der Waals surface area contributed by atoms with Crippen LogP contribution in [0.2, 0.25) is 0 Å². The van der Waals surface area contributed by atoms with Crippen LogP contribution in [-0.4, -0.2) is 43.5 Å². The number of rotatable bonds is 6. The fraction of sp³-hybridized carbons (Fsp3) is 0.400. The topological polar surface area (TPSA) is 48.7 Å². The van der Waals surface area contributed by atoms with Gasteiger partial charge in [-0.3, -0.25) is 4.90 Å². The Kier molecular flexibility index (Phi) is 5.41. The molecule has 2 aromatic heterocycles. The standard InChI is InChI=1S/C15H21N3O2S/c1-17(2)13(14-5-4-7-20-14)9-16-15(19)18(3)10-12-6-8-21-11-12/h4-8,11,13H,9-10H2,1-3H3,(H,16,19). The summed E-state index contributed by atoms with van der Waals surface area (Å²) in [7, 11) is 5.73. The molecule has 0 bridgehead atoms. The van der Waals surface area contributed by atoms with Crippen molar-refractivity contribution in [3.63, 3.8) is 0 Å². The molecule has 1 N–H and O–H groups in total. The van der Waals surface area contributed by atoms with E-state index in [1.54, 1.807) is 29.5 Å². The van der Waals surface area contributed by atoms with E-state index >= 15 is 0 Å². The average molecular weight is 307 g/mol. The van der Waals surface area contributed by atoms with Gasteiger partial charge in [0.25, 0.3) is 0 Å². The molecule has 0 fully saturated rings. The van der Waals surface area contributed by atoms with Crippen molar-refractivity contribution in [2.75, 3.05) is 27.7 Å². The van der Waals surface area contributed by atoms with Crippen molar-refractivity contribution >= 4 is 17.4 Å². The molecule has 21 heavy (non-hydrogen) atoms. The van der Waals surface area contributed by atoms with Gasteiger partial charge in [-0.05, 0) is 48.6 Å². The van der Waals surface area contributed by atoms with Crippen molar-refractivity contribution in [1.29, 1.82) is 0 Å². The summed E-state index contributed by atoms with van der Waals surface area (Å²) < 4.78 is 5.43. The van der Waals surface area contributed by atoms with E-state index in [0.29, 0.717) is 13.1 Å². The summed E-state index contributed by atoms with van der Waals surface area (Å²) in [5.74, 6) is 0.848. The Balaban J connectivity index is 1.87. The number of likely N-dealkylation sites (N-methyl/N-ethyl adjacent to an activating group) is 1. The van der Waals surface area contributed by atoms with Gasteiger partial charge in [-0.2, -0.15) is 11.3 Å². The van der Waals surface area contributed by atoms with Gasteiger partial charge < -0.3 is 14.6 Å². The second kappa shape index (κ2) is 7.28. The molecule has 0 radical (unpaired) electrons. The van der Waals surface area contributed by atoms with Crippen LogP contribution in [0.3, 0.4) is 0 Å². The van der Waals surface area contributed by atoms with Crippen molar-refractivity contribution in [3.05, 3.63) is 46.5 Å². The molecule has 5 nitrogen and oxygen atoms in total. The molecular formula is C15H21N3O2S. The minimum absolute atomic E-state index is 0.0264. The van der Waals surface area contributed by atoms with E-state index in [1.807, 2.05) is 42.6 Å². The molecule has 0 spiro atoms. The molecule has 0 aliphatic rings. The smallest absolute Gasteiger partial charge is 0.317 e. The van der Waals surface area contributed by atoms with Crippen molar-refractivity contribution < 1.29 is 9.21 Å². The maximum absolute atomic E-state index is 12.1. The summed E-state index contributed by atoms with van der Waals surface area (Å²) in [6.07, 6.45) is 1.65. The summed E-state index contributed by atoms with van der Waals surface area (Å²) in [4.78, 5) is 15.8. The molecule has 1 atom stereocenters. The van der Waals surface area contributed by atoms with Gasteiger partial charge in [0.2, 0.25) is 0 Å². The van der Waals surface area contributed by atoms with E-state index in [-0.39, 0.29) is 12.1 Å². The highest BCUT2D eigenvalue weighted by atomic mass is 32.1. The largest absolute Gasteiger partial charge is 0.468 e. The van der Waals surface area contributed by atoms with Gasteiger partial charge in [0, 0.05) is 20.1 Å². The van der Waals surface area contributed by atoms with Crippen LogP contribution in [0.25, 0.3) is 0 Å². The van der Waals surface area contributed by atoms with Crippen molar-refractivity contribution in [1.82, 2.24) is 15.1 Å². The molecule has 0 saturated heterocycles. The Morgan fingerprint density at radius 1 is 1.38 bits per heavy atom. The first-order valence-electron chi connectivity index (χ1n) is 6.78. The van der Waals surface area contributed by atoms with E-state index in [9.17, 15) is 4.79 Å². The van der Waals surface area contributed by atoms with Gasteiger partial charge in [0.1, 0.15) is 5.76 Å². The molecule has 0 aliphatic carbocycles. The molecular weight excluding hydrogens is 286 g/mol. The zero-order valence-electron chi connectivity index (χ0n) is 12.6. The van der Waals surface area contributed by atoms with Crippen molar-refractivity contribution in [2.45, 2.75) is 12.6 Å². The maximum Gasteiger partial charge on any atom is 0.317 e. The Morgan fingerprint density at radius 3 is 2.76 bits per heavy atom. The second-order valence-electron chi connectivity index (χ2n) is 5.17. The molecule has 114 valence electrons. The highest BCUT2D eigenvalue weighted by Crippen LogP contribution is 2.17. The number of urea groups is 1. The molecule has 2 aromatic rings. The third-order valence-corrected chi connectivity index (χ3v) is 4.02. The second-order valence-corrected chi connectivity index (χ2v) is 5.95. The molecule has 2 heterocycles. The van der Waals surface area contributed by atoms with Crippen LogP contribution in [0, 0.1) is 0 Å². The predicted octanol–water partition coefficient (Wildman–Crippen LogP) is 2.79. The Bertz CT molecular complexity index is 537. The zero-order chi connectivity index (χ0) is 15.2. The Labute approximate surface area is 129 Å². The molecule has 2 rings (SSSR count). The number of hydrogen-bond acceptors (Lipinski definition) is 4. The fourth-order valence-electron chi connectivity index (χ4n) is 2.07. The summed E-state index contributed by atoms with van der Waals surface area (Å²) in [6, 6.07) is 5.75. The number of thiophene rings is 1. The Morgan fingerprint density at radius 2 is 2.19 bits per heavy atom. The van der Waals surface area contributed by atoms with Crippen LogP contribution in [0.1, 0.15) is 17.4 Å². The van der Waals surface area contributed by atoms with Crippen LogP contribution in [-0.2, 0) is 6.54 Å². The van der Waals surface area contributed by atoms with Crippen molar-refractivity contribution in [2.24, 2.45) is 0 Å². The molecule has 0 aliphatic heterocycles. The number of hydrogen-bond donors (Lipinski definition) is 1. The minimum Gasteiger partial charge on any atom is -0.468 e. The first kappa shape index (κ1) is 15.6. The number of amides is 2. The number of nitrogens with zero attached hydrogens (tertiary/aromatic N) is 2. The number of carbonyl (C=O) groups excluding carboxylic acids is 1. The molecule has 1 unspecified atom stereocenters. The summed E-state index contributed by atoms with van der Waals surface area (Å²) >= 11 is 1.64. The maximum atomic E-state index is 12.1. The van der Waals surface area contributed by atoms with Gasteiger partial charge in [0.15, 0.2) is 0 Å². The lowest BCUT2D eigenvalue weighted by atomic mass is 10.2. The zero-order valence-corrected chi connectivity index (χ0v) is 13.4. The van der Waals surface area contributed by atoms with Gasteiger partial charge >= 0.3 is 6.03 Å². The third-order valence-electron chi connectivity index (χ3n) is 3.29. The molecule has 2 amide bonds. The number of nitrogens with one attached hydrogen (secondary N) is 1. The van der Waals surface area contributed by atoms with Gasteiger partial charge in [-0.15, -0.1) is 0 Å². The van der Waals surface area contributed by atoms with Crippen LogP contribution in [0.15, 0.2) is 39.6 Å². The summed E-state index contributed by atoms with van der Waals surface area (Å²) in [5, 5.41) is 7.02. The van der Waals surface area contributed by atoms with E-state index < -0.39 is 0 Å². The lowest BCUT2D eigenvalue weighted by molar-refractivity contribution is 0.197. The van der Waals surface area contributed by atoms with Crippen LogP contribution < -0.4 is 5.32 Å². The highest BCUT2D eigenvalue weighted by molar-refractivity contribution is 7.07. The van der Waals surface area contributed by atoms with Crippen molar-refractivity contribution in [3.8, 4) is 0 Å². The van der Waals surface area contributed by atoms with Gasteiger partial charge in [-0.25, -0.2) is 4.79 Å². The van der Waals surface area contributed by atoms with Gasteiger partial charge in [-0.1, -0.05) is 0 Å². The van der Waals surface area contributed by atoms with Crippen LogP contribution >= 0.6 is 11.3 Å². The number of carbonyl (C=O) groups is 1. The first-order valence-corrected chi connectivity index (χ1v) is 7.72. The number of furan rings is 1. The predicted molar refractivity (Wildman–Crippen MR) is 84.3 cm³/mol. The SMILES string of the molecule is CN(Cc1ccsc1)C(=O)NCC(c1ccco1)N(C)C. The average Bonchev–Trinajstić information content (AvgIpc) is 3.11. The minimum atomic E-state index is -0.0837. The fourth-order valence-corrected chi connectivity index (χ4v) is 2.73. The van der Waals surface area contributed by atoms with E-state index in [4.69, 9.17) is 4.42 Å². The summed E-state index contributed by atoms with van der Waals surface area (Å²) in [6.45, 7) is 1.12. The molecule has 6 heteroatoms. The molecule has 0 saturated carbocycles. The third kappa shape index (κ3) is 4.34. The van der Waals surface area contributed by atoms with Crippen LogP contribution in [0.5, 0.6) is 0 Å². The van der Waals surface area contributed by atoms with E-state index in [2.05, 4.69) is 10.7 Å². The quantitative estimate of drug-likeness (QED) is 0.893. The monoisotopic (exact) mass is 307 g/mol. The summed E-state index contributed by atoms with van der Waals surface area (Å²) in [5.41, 5.74) is 1.15. The molecule has 0 aromatic carbocycles.